The number of hydrogen-bond donors (Lipinski definition) is 2. The highest BCUT2D eigenvalue weighted by atomic mass is 35.5. The summed E-state index contributed by atoms with van der Waals surface area (Å²) in [7, 11) is 0. The van der Waals surface area contributed by atoms with E-state index in [2.05, 4.69) is 15.5 Å². The Hall–Kier alpha value is -1.70. The van der Waals surface area contributed by atoms with E-state index in [1.807, 2.05) is 6.92 Å². The molecule has 1 aromatic carbocycles. The van der Waals surface area contributed by atoms with Crippen LogP contribution in [0, 0.1) is 5.82 Å². The molecule has 1 saturated heterocycles. The second-order valence-electron chi connectivity index (χ2n) is 7.43. The second-order valence-corrected chi connectivity index (χ2v) is 7.83. The minimum Gasteiger partial charge on any atom is -0.376 e. The molecular formula is C21H31ClFN3O3. The largest absolute Gasteiger partial charge is 0.376 e. The van der Waals surface area contributed by atoms with Gasteiger partial charge < -0.3 is 15.4 Å². The van der Waals surface area contributed by atoms with Crippen LogP contribution in [0.25, 0.3) is 0 Å². The van der Waals surface area contributed by atoms with Gasteiger partial charge in [-0.05, 0) is 31.9 Å². The Kier molecular flexibility index (Phi) is 9.84. The summed E-state index contributed by atoms with van der Waals surface area (Å²) in [6.07, 6.45) is 2.88. The van der Waals surface area contributed by atoms with Gasteiger partial charge in [-0.25, -0.2) is 4.39 Å². The molecule has 2 amide bonds. The molecule has 1 aromatic rings. The lowest BCUT2D eigenvalue weighted by molar-refractivity contribution is -0.122. The van der Waals surface area contributed by atoms with Gasteiger partial charge in [0.15, 0.2) is 0 Å². The number of amides is 2. The highest BCUT2D eigenvalue weighted by Gasteiger charge is 2.29. The summed E-state index contributed by atoms with van der Waals surface area (Å²) in [4.78, 5) is 25.2. The smallest absolute Gasteiger partial charge is 0.220 e. The first kappa shape index (κ1) is 23.6. The molecule has 0 saturated carbocycles. The van der Waals surface area contributed by atoms with Gasteiger partial charge in [0.05, 0.1) is 18.8 Å². The van der Waals surface area contributed by atoms with Gasteiger partial charge >= 0.3 is 0 Å². The van der Waals surface area contributed by atoms with Crippen LogP contribution < -0.4 is 10.6 Å². The van der Waals surface area contributed by atoms with Crippen LogP contribution in [0.2, 0.25) is 5.02 Å². The van der Waals surface area contributed by atoms with E-state index in [1.54, 1.807) is 12.1 Å². The van der Waals surface area contributed by atoms with Crippen molar-refractivity contribution in [1.82, 2.24) is 15.5 Å². The fraction of sp³-hybridized carbons (Fsp3) is 0.619. The van der Waals surface area contributed by atoms with Crippen molar-refractivity contribution in [1.29, 1.82) is 0 Å². The Morgan fingerprint density at radius 2 is 2.10 bits per heavy atom. The van der Waals surface area contributed by atoms with Gasteiger partial charge in [0.2, 0.25) is 11.8 Å². The maximum absolute atomic E-state index is 14.6. The molecule has 162 valence electrons. The SMILES string of the molecule is CC(=O)NCCCCCC(=O)NC[C@H](c1c(F)cccc1Cl)N1CCO[C@H](C)C1. The lowest BCUT2D eigenvalue weighted by atomic mass is 10.0. The van der Waals surface area contributed by atoms with E-state index in [9.17, 15) is 14.0 Å². The molecule has 0 aromatic heterocycles. The molecule has 0 bridgehead atoms. The molecular weight excluding hydrogens is 397 g/mol. The average molecular weight is 428 g/mol. The maximum atomic E-state index is 14.6. The molecule has 0 aliphatic carbocycles. The fourth-order valence-electron chi connectivity index (χ4n) is 3.52. The lowest BCUT2D eigenvalue weighted by Crippen LogP contribution is -2.46. The van der Waals surface area contributed by atoms with Crippen LogP contribution in [0.5, 0.6) is 0 Å². The number of morpholine rings is 1. The molecule has 2 atom stereocenters. The Morgan fingerprint density at radius 1 is 1.31 bits per heavy atom. The van der Waals surface area contributed by atoms with Crippen LogP contribution in [0.4, 0.5) is 4.39 Å². The molecule has 1 fully saturated rings. The number of benzene rings is 1. The number of carbonyl (C=O) groups excluding carboxylic acids is 2. The predicted octanol–water partition coefficient (Wildman–Crippen LogP) is 3.05. The number of hydrogen-bond acceptors (Lipinski definition) is 4. The summed E-state index contributed by atoms with van der Waals surface area (Å²) in [5.41, 5.74) is 0.416. The summed E-state index contributed by atoms with van der Waals surface area (Å²) in [5.74, 6) is -0.477. The van der Waals surface area contributed by atoms with Gasteiger partial charge in [-0.2, -0.15) is 0 Å². The first-order valence-electron chi connectivity index (χ1n) is 10.2. The summed E-state index contributed by atoms with van der Waals surface area (Å²) < 4.78 is 20.2. The second kappa shape index (κ2) is 12.1. The van der Waals surface area contributed by atoms with E-state index in [4.69, 9.17) is 16.3 Å². The Morgan fingerprint density at radius 3 is 2.79 bits per heavy atom. The van der Waals surface area contributed by atoms with Crippen LogP contribution in [0.15, 0.2) is 18.2 Å². The van der Waals surface area contributed by atoms with Crippen molar-refractivity contribution in [2.24, 2.45) is 0 Å². The van der Waals surface area contributed by atoms with E-state index in [-0.39, 0.29) is 36.3 Å². The molecule has 0 radical (unpaired) electrons. The number of unbranched alkanes of at least 4 members (excludes halogenated alkanes) is 2. The third kappa shape index (κ3) is 7.91. The number of ether oxygens (including phenoxy) is 1. The topological polar surface area (TPSA) is 70.7 Å². The lowest BCUT2D eigenvalue weighted by Gasteiger charge is -2.38. The first-order chi connectivity index (χ1) is 13.9. The van der Waals surface area contributed by atoms with Gasteiger partial charge in [0.1, 0.15) is 5.82 Å². The Labute approximate surface area is 177 Å². The van der Waals surface area contributed by atoms with Crippen molar-refractivity contribution >= 4 is 23.4 Å². The molecule has 6 nitrogen and oxygen atoms in total. The summed E-state index contributed by atoms with van der Waals surface area (Å²) in [6.45, 7) is 6.24. The van der Waals surface area contributed by atoms with Crippen LogP contribution in [0.3, 0.4) is 0 Å². The third-order valence-electron chi connectivity index (χ3n) is 4.99. The van der Waals surface area contributed by atoms with E-state index in [1.165, 1.54) is 13.0 Å². The highest BCUT2D eigenvalue weighted by molar-refractivity contribution is 6.31. The maximum Gasteiger partial charge on any atom is 0.220 e. The van der Waals surface area contributed by atoms with Gasteiger partial charge in [-0.15, -0.1) is 0 Å². The highest BCUT2D eigenvalue weighted by Crippen LogP contribution is 2.31. The summed E-state index contributed by atoms with van der Waals surface area (Å²) in [6, 6.07) is 4.31. The Bertz CT molecular complexity index is 669. The van der Waals surface area contributed by atoms with Crippen molar-refractivity contribution in [3.8, 4) is 0 Å². The average Bonchev–Trinajstić information content (AvgIpc) is 2.66. The van der Waals surface area contributed by atoms with Crippen LogP contribution in [-0.4, -0.2) is 55.6 Å². The summed E-state index contributed by atoms with van der Waals surface area (Å²) >= 11 is 6.31. The van der Waals surface area contributed by atoms with Gasteiger partial charge in [0.25, 0.3) is 0 Å². The summed E-state index contributed by atoms with van der Waals surface area (Å²) in [5, 5.41) is 6.04. The van der Waals surface area contributed by atoms with Gasteiger partial charge in [-0.1, -0.05) is 24.1 Å². The molecule has 1 aliphatic rings. The van der Waals surface area contributed by atoms with E-state index >= 15 is 0 Å². The van der Waals surface area contributed by atoms with Crippen molar-refractivity contribution in [3.63, 3.8) is 0 Å². The zero-order chi connectivity index (χ0) is 21.2. The molecule has 2 N–H and O–H groups in total. The van der Waals surface area contributed by atoms with Crippen molar-refractivity contribution in [3.05, 3.63) is 34.6 Å². The molecule has 29 heavy (non-hydrogen) atoms. The minimum atomic E-state index is -0.367. The first-order valence-corrected chi connectivity index (χ1v) is 10.6. The number of rotatable bonds is 10. The number of halogens is 2. The minimum absolute atomic E-state index is 0.0381. The van der Waals surface area contributed by atoms with E-state index in [0.29, 0.717) is 43.2 Å². The van der Waals surface area contributed by atoms with Crippen LogP contribution in [0.1, 0.15) is 51.1 Å². The standard InChI is InChI=1S/C21H31ClFN3O3/c1-15-14-26(11-12-29-15)19(21-17(22)7-6-8-18(21)23)13-25-20(28)9-4-3-5-10-24-16(2)27/h6-8,15,19H,3-5,9-14H2,1-2H3,(H,24,27)(H,25,28)/t15-,19-/m1/s1. The quantitative estimate of drug-likeness (QED) is 0.563. The van der Waals surface area contributed by atoms with Crippen LogP contribution in [-0.2, 0) is 14.3 Å². The molecule has 8 heteroatoms. The Balaban J connectivity index is 1.91. The zero-order valence-corrected chi connectivity index (χ0v) is 17.9. The van der Waals surface area contributed by atoms with Gasteiger partial charge in [-0.3, -0.25) is 14.5 Å². The van der Waals surface area contributed by atoms with Crippen molar-refractivity contribution < 1.29 is 18.7 Å². The number of nitrogens with zero attached hydrogens (tertiary/aromatic N) is 1. The molecule has 0 unspecified atom stereocenters. The molecule has 1 heterocycles. The number of nitrogens with one attached hydrogen (secondary N) is 2. The molecule has 0 spiro atoms. The van der Waals surface area contributed by atoms with E-state index in [0.717, 1.165) is 19.3 Å². The predicted molar refractivity (Wildman–Crippen MR) is 111 cm³/mol. The van der Waals surface area contributed by atoms with Crippen LogP contribution >= 0.6 is 11.6 Å². The number of carbonyl (C=O) groups is 2. The van der Waals surface area contributed by atoms with Crippen molar-refractivity contribution in [2.75, 3.05) is 32.8 Å². The molecule has 1 aliphatic heterocycles. The van der Waals surface area contributed by atoms with E-state index < -0.39 is 0 Å². The zero-order valence-electron chi connectivity index (χ0n) is 17.2. The monoisotopic (exact) mass is 427 g/mol. The normalized spacial score (nSPS) is 18.3. The van der Waals surface area contributed by atoms with Gasteiger partial charge in [0, 0.05) is 50.1 Å². The molecule has 2 rings (SSSR count). The third-order valence-corrected chi connectivity index (χ3v) is 5.32. The fourth-order valence-corrected chi connectivity index (χ4v) is 3.81. The van der Waals surface area contributed by atoms with Crippen molar-refractivity contribution in [2.45, 2.75) is 51.7 Å².